The molecule has 3 rings (SSSR count). The Morgan fingerprint density at radius 1 is 1.55 bits per heavy atom. The molecule has 1 fully saturated rings. The van der Waals surface area contributed by atoms with Crippen molar-refractivity contribution in [3.63, 3.8) is 0 Å². The average Bonchev–Trinajstić information content (AvgIpc) is 3.16. The molecule has 0 atom stereocenters. The van der Waals surface area contributed by atoms with Crippen molar-refractivity contribution in [1.29, 1.82) is 0 Å². The first kappa shape index (κ1) is 13.3. The molecule has 1 aliphatic carbocycles. The van der Waals surface area contributed by atoms with Crippen LogP contribution in [-0.4, -0.2) is 25.8 Å². The Balaban J connectivity index is 1.79. The number of carbonyl (C=O) groups is 1. The van der Waals surface area contributed by atoms with Gasteiger partial charge in [-0.2, -0.15) is 5.10 Å². The van der Waals surface area contributed by atoms with Crippen molar-refractivity contribution in [3.8, 4) is 0 Å². The molecule has 0 aliphatic heterocycles. The van der Waals surface area contributed by atoms with Gasteiger partial charge < -0.3 is 10.4 Å². The molecule has 0 saturated heterocycles. The van der Waals surface area contributed by atoms with Crippen LogP contribution in [0.3, 0.4) is 0 Å². The highest BCUT2D eigenvalue weighted by Gasteiger charge is 2.52. The molecule has 7 heteroatoms. The first-order valence-electron chi connectivity index (χ1n) is 6.22. The second-order valence-electron chi connectivity index (χ2n) is 4.80. The second kappa shape index (κ2) is 4.99. The largest absolute Gasteiger partial charge is 0.392 e. The Morgan fingerprint density at radius 3 is 2.95 bits per heavy atom. The summed E-state index contributed by atoms with van der Waals surface area (Å²) in [6.45, 7) is -0.0807. The Bertz CT molecular complexity index is 651. The van der Waals surface area contributed by atoms with Crippen molar-refractivity contribution in [3.05, 3.63) is 40.8 Å². The fraction of sp³-hybridized carbons (Fsp3) is 0.308. The second-order valence-corrected chi connectivity index (χ2v) is 5.71. The minimum Gasteiger partial charge on any atom is -0.392 e. The lowest BCUT2D eigenvalue weighted by Crippen LogP contribution is -2.34. The Kier molecular flexibility index (Phi) is 3.31. The fourth-order valence-electron chi connectivity index (χ4n) is 2.09. The van der Waals surface area contributed by atoms with Gasteiger partial charge in [0.15, 0.2) is 0 Å². The van der Waals surface area contributed by atoms with Gasteiger partial charge in [-0.15, -0.1) is 0 Å². The molecular weight excluding hydrogens is 324 g/mol. The van der Waals surface area contributed by atoms with E-state index >= 15 is 0 Å². The smallest absolute Gasteiger partial charge is 0.253 e. The topological polar surface area (TPSA) is 80.0 Å². The standard InChI is InChI=1S/C13H13BrN4O2/c14-10-6-16-18(7-10)13(2-3-13)12(20)17-11-5-9(8-19)1-4-15-11/h1,4-7,19H,2-3,8H2,(H,15,17,20). The van der Waals surface area contributed by atoms with E-state index in [1.807, 2.05) is 0 Å². The van der Waals surface area contributed by atoms with Crippen LogP contribution in [-0.2, 0) is 16.9 Å². The zero-order valence-electron chi connectivity index (χ0n) is 10.6. The minimum atomic E-state index is -0.608. The molecule has 20 heavy (non-hydrogen) atoms. The number of rotatable bonds is 4. The molecule has 0 radical (unpaired) electrons. The first-order valence-corrected chi connectivity index (χ1v) is 7.01. The third kappa shape index (κ3) is 2.34. The highest BCUT2D eigenvalue weighted by molar-refractivity contribution is 9.10. The van der Waals surface area contributed by atoms with Crippen LogP contribution in [0.15, 0.2) is 35.2 Å². The van der Waals surface area contributed by atoms with Gasteiger partial charge in [0, 0.05) is 12.4 Å². The summed E-state index contributed by atoms with van der Waals surface area (Å²) in [6.07, 6.45) is 6.53. The monoisotopic (exact) mass is 336 g/mol. The highest BCUT2D eigenvalue weighted by atomic mass is 79.9. The summed E-state index contributed by atoms with van der Waals surface area (Å²) < 4.78 is 2.53. The Labute approximate surface area is 124 Å². The molecule has 6 nitrogen and oxygen atoms in total. The van der Waals surface area contributed by atoms with Gasteiger partial charge in [-0.25, -0.2) is 4.98 Å². The van der Waals surface area contributed by atoms with Gasteiger partial charge in [-0.05, 0) is 46.5 Å². The van der Waals surface area contributed by atoms with Crippen LogP contribution < -0.4 is 5.32 Å². The SMILES string of the molecule is O=C(Nc1cc(CO)ccn1)C1(n2cc(Br)cn2)CC1. The number of aromatic nitrogens is 3. The van der Waals surface area contributed by atoms with Gasteiger partial charge in [0.25, 0.3) is 5.91 Å². The maximum absolute atomic E-state index is 12.4. The van der Waals surface area contributed by atoms with Crippen LogP contribution in [0, 0.1) is 0 Å². The number of amides is 1. The number of aliphatic hydroxyl groups is 1. The van der Waals surface area contributed by atoms with E-state index in [4.69, 9.17) is 5.11 Å². The lowest BCUT2D eigenvalue weighted by Gasteiger charge is -2.15. The summed E-state index contributed by atoms with van der Waals surface area (Å²) in [5.74, 6) is 0.315. The molecule has 0 aromatic carbocycles. The van der Waals surface area contributed by atoms with Crippen LogP contribution in [0.25, 0.3) is 0 Å². The number of hydrogen-bond donors (Lipinski definition) is 2. The molecule has 1 aliphatic rings. The fourth-order valence-corrected chi connectivity index (χ4v) is 2.37. The summed E-state index contributed by atoms with van der Waals surface area (Å²) in [6, 6.07) is 3.36. The summed E-state index contributed by atoms with van der Waals surface area (Å²) in [4.78, 5) is 16.5. The van der Waals surface area contributed by atoms with Crippen LogP contribution >= 0.6 is 15.9 Å². The van der Waals surface area contributed by atoms with E-state index in [-0.39, 0.29) is 12.5 Å². The number of halogens is 1. The normalized spacial score (nSPS) is 15.9. The van der Waals surface area contributed by atoms with E-state index in [1.165, 1.54) is 0 Å². The van der Waals surface area contributed by atoms with E-state index in [1.54, 1.807) is 35.4 Å². The number of nitrogens with zero attached hydrogens (tertiary/aromatic N) is 3. The highest BCUT2D eigenvalue weighted by Crippen LogP contribution is 2.44. The van der Waals surface area contributed by atoms with Gasteiger partial charge in [0.1, 0.15) is 11.4 Å². The third-order valence-corrected chi connectivity index (χ3v) is 3.79. The predicted molar refractivity (Wildman–Crippen MR) is 75.9 cm³/mol. The van der Waals surface area contributed by atoms with Crippen molar-refractivity contribution in [1.82, 2.24) is 14.8 Å². The number of aliphatic hydroxyl groups excluding tert-OH is 1. The van der Waals surface area contributed by atoms with Crippen LogP contribution in [0.4, 0.5) is 5.82 Å². The van der Waals surface area contributed by atoms with E-state index in [0.717, 1.165) is 17.3 Å². The van der Waals surface area contributed by atoms with Gasteiger partial charge in [0.2, 0.25) is 0 Å². The van der Waals surface area contributed by atoms with Crippen molar-refractivity contribution >= 4 is 27.7 Å². The molecule has 0 bridgehead atoms. The molecule has 104 valence electrons. The number of nitrogens with one attached hydrogen (secondary N) is 1. The molecular formula is C13H13BrN4O2. The zero-order valence-corrected chi connectivity index (χ0v) is 12.2. The summed E-state index contributed by atoms with van der Waals surface area (Å²) in [5.41, 5.74) is 0.102. The van der Waals surface area contributed by atoms with E-state index in [0.29, 0.717) is 11.4 Å². The number of hydrogen-bond acceptors (Lipinski definition) is 4. The van der Waals surface area contributed by atoms with E-state index in [2.05, 4.69) is 31.3 Å². The number of pyridine rings is 1. The first-order chi connectivity index (χ1) is 9.64. The van der Waals surface area contributed by atoms with Crippen molar-refractivity contribution in [2.75, 3.05) is 5.32 Å². The summed E-state index contributed by atoms with van der Waals surface area (Å²) >= 11 is 3.33. The van der Waals surface area contributed by atoms with Gasteiger partial charge >= 0.3 is 0 Å². The van der Waals surface area contributed by atoms with Crippen molar-refractivity contribution in [2.24, 2.45) is 0 Å². The Morgan fingerprint density at radius 2 is 2.35 bits per heavy atom. The zero-order chi connectivity index (χ0) is 14.2. The molecule has 1 saturated carbocycles. The quantitative estimate of drug-likeness (QED) is 0.889. The molecule has 0 spiro atoms. The van der Waals surface area contributed by atoms with E-state index in [9.17, 15) is 4.79 Å². The molecule has 2 aromatic heterocycles. The van der Waals surface area contributed by atoms with Crippen molar-refractivity contribution < 1.29 is 9.90 Å². The van der Waals surface area contributed by atoms with Crippen LogP contribution in [0.1, 0.15) is 18.4 Å². The number of anilines is 1. The van der Waals surface area contributed by atoms with Gasteiger partial charge in [0.05, 0.1) is 17.3 Å². The van der Waals surface area contributed by atoms with Crippen LogP contribution in [0.5, 0.6) is 0 Å². The van der Waals surface area contributed by atoms with E-state index < -0.39 is 5.54 Å². The molecule has 2 heterocycles. The number of carbonyl (C=O) groups excluding carboxylic acids is 1. The molecule has 1 amide bonds. The van der Waals surface area contributed by atoms with Gasteiger partial charge in [-0.3, -0.25) is 9.48 Å². The maximum Gasteiger partial charge on any atom is 0.253 e. The minimum absolute atomic E-state index is 0.0807. The lowest BCUT2D eigenvalue weighted by molar-refractivity contribution is -0.120. The molecule has 2 aromatic rings. The average molecular weight is 337 g/mol. The Hall–Kier alpha value is -1.73. The molecule has 2 N–H and O–H groups in total. The molecule has 0 unspecified atom stereocenters. The van der Waals surface area contributed by atoms with Crippen LogP contribution in [0.2, 0.25) is 0 Å². The predicted octanol–water partition coefficient (Wildman–Crippen LogP) is 1.66. The lowest BCUT2D eigenvalue weighted by atomic mass is 10.2. The maximum atomic E-state index is 12.4. The summed E-state index contributed by atoms with van der Waals surface area (Å²) in [5, 5.41) is 16.1. The van der Waals surface area contributed by atoms with Gasteiger partial charge in [-0.1, -0.05) is 0 Å². The summed E-state index contributed by atoms with van der Waals surface area (Å²) in [7, 11) is 0. The third-order valence-electron chi connectivity index (χ3n) is 3.38. The van der Waals surface area contributed by atoms with Crippen molar-refractivity contribution in [2.45, 2.75) is 25.0 Å².